The Kier molecular flexibility index (Phi) is 4.78. The van der Waals surface area contributed by atoms with E-state index in [1.807, 2.05) is 30.3 Å². The van der Waals surface area contributed by atoms with Crippen LogP contribution in [0.5, 0.6) is 0 Å². The first-order valence-corrected chi connectivity index (χ1v) is 7.23. The summed E-state index contributed by atoms with van der Waals surface area (Å²) in [5.74, 6) is -0.0755. The zero-order chi connectivity index (χ0) is 14.6. The summed E-state index contributed by atoms with van der Waals surface area (Å²) in [4.78, 5) is 14.4. The second kappa shape index (κ2) is 6.37. The van der Waals surface area contributed by atoms with E-state index < -0.39 is 5.60 Å². The Bertz CT molecular complexity index is 437. The predicted molar refractivity (Wildman–Crippen MR) is 79.3 cm³/mol. The molecule has 2 rings (SSSR count). The van der Waals surface area contributed by atoms with Gasteiger partial charge in [0.15, 0.2) is 0 Å². The summed E-state index contributed by atoms with van der Waals surface area (Å²) in [5.41, 5.74) is -0.338. The zero-order valence-electron chi connectivity index (χ0n) is 12.3. The highest BCUT2D eigenvalue weighted by molar-refractivity contribution is 5.77. The lowest BCUT2D eigenvalue weighted by atomic mass is 9.92. The molecule has 0 aliphatic carbocycles. The first kappa shape index (κ1) is 15.0. The molecule has 0 bridgehead atoms. The average molecular weight is 276 g/mol. The van der Waals surface area contributed by atoms with Gasteiger partial charge < -0.3 is 15.3 Å². The Morgan fingerprint density at radius 2 is 1.95 bits per heavy atom. The van der Waals surface area contributed by atoms with E-state index in [1.165, 1.54) is 0 Å². The number of benzene rings is 1. The predicted octanol–water partition coefficient (Wildman–Crippen LogP) is 1.49. The van der Waals surface area contributed by atoms with Gasteiger partial charge in [0.05, 0.1) is 12.0 Å². The third kappa shape index (κ3) is 4.05. The van der Waals surface area contributed by atoms with Gasteiger partial charge in [-0.05, 0) is 45.5 Å². The van der Waals surface area contributed by atoms with E-state index in [2.05, 4.69) is 17.3 Å². The zero-order valence-corrected chi connectivity index (χ0v) is 12.3. The molecule has 1 saturated heterocycles. The van der Waals surface area contributed by atoms with Gasteiger partial charge >= 0.3 is 0 Å². The molecule has 0 aromatic heterocycles. The van der Waals surface area contributed by atoms with Crippen LogP contribution in [0.15, 0.2) is 30.3 Å². The van der Waals surface area contributed by atoms with Gasteiger partial charge in [-0.25, -0.2) is 0 Å². The van der Waals surface area contributed by atoms with E-state index in [-0.39, 0.29) is 18.4 Å². The van der Waals surface area contributed by atoms with Crippen LogP contribution in [0, 0.1) is 0 Å². The molecule has 1 aliphatic rings. The number of carbonyl (C=O) groups excluding carboxylic acids is 1. The largest absolute Gasteiger partial charge is 0.385 e. The summed E-state index contributed by atoms with van der Waals surface area (Å²) < 4.78 is 0. The van der Waals surface area contributed by atoms with E-state index in [1.54, 1.807) is 6.92 Å². The van der Waals surface area contributed by atoms with Crippen LogP contribution in [0.25, 0.3) is 0 Å². The smallest absolute Gasteiger partial charge is 0.223 e. The fourth-order valence-corrected chi connectivity index (χ4v) is 2.64. The minimum atomic E-state index is -1.11. The molecule has 1 amide bonds. The van der Waals surface area contributed by atoms with Gasteiger partial charge in [-0.2, -0.15) is 0 Å². The summed E-state index contributed by atoms with van der Waals surface area (Å²) >= 11 is 0. The standard InChI is InChI=1S/C16H24N2O2/c1-16(20,13-6-4-3-5-7-13)12-15(19)17-14-8-10-18(2)11-9-14/h3-7,14,20H,8-12H2,1-2H3,(H,17,19). The number of amides is 1. The maximum absolute atomic E-state index is 12.1. The van der Waals surface area contributed by atoms with Crippen molar-refractivity contribution in [2.24, 2.45) is 0 Å². The topological polar surface area (TPSA) is 52.6 Å². The minimum Gasteiger partial charge on any atom is -0.385 e. The second-order valence-electron chi connectivity index (χ2n) is 5.96. The third-order valence-electron chi connectivity index (χ3n) is 3.98. The highest BCUT2D eigenvalue weighted by Gasteiger charge is 2.28. The SMILES string of the molecule is CN1CCC(NC(=O)CC(C)(O)c2ccccc2)CC1. The fourth-order valence-electron chi connectivity index (χ4n) is 2.64. The molecular weight excluding hydrogens is 252 g/mol. The van der Waals surface area contributed by atoms with Gasteiger partial charge in [-0.3, -0.25) is 4.79 Å². The molecule has 0 spiro atoms. The van der Waals surface area contributed by atoms with Crippen molar-refractivity contribution >= 4 is 5.91 Å². The van der Waals surface area contributed by atoms with Crippen LogP contribution in [0.2, 0.25) is 0 Å². The van der Waals surface area contributed by atoms with Crippen LogP contribution in [-0.2, 0) is 10.4 Å². The van der Waals surface area contributed by atoms with Crippen LogP contribution in [-0.4, -0.2) is 42.1 Å². The van der Waals surface area contributed by atoms with Crippen molar-refractivity contribution in [3.63, 3.8) is 0 Å². The number of likely N-dealkylation sites (tertiary alicyclic amines) is 1. The van der Waals surface area contributed by atoms with E-state index in [9.17, 15) is 9.90 Å². The van der Waals surface area contributed by atoms with Crippen molar-refractivity contribution in [1.29, 1.82) is 0 Å². The summed E-state index contributed by atoms with van der Waals surface area (Å²) in [6, 6.07) is 9.59. The van der Waals surface area contributed by atoms with Gasteiger partial charge in [0.2, 0.25) is 5.91 Å². The van der Waals surface area contributed by atoms with Gasteiger partial charge in [-0.1, -0.05) is 30.3 Å². The van der Waals surface area contributed by atoms with Gasteiger partial charge in [0, 0.05) is 6.04 Å². The number of piperidine rings is 1. The van der Waals surface area contributed by atoms with Crippen molar-refractivity contribution in [3.05, 3.63) is 35.9 Å². The molecule has 1 unspecified atom stereocenters. The Labute approximate surface area is 120 Å². The monoisotopic (exact) mass is 276 g/mol. The second-order valence-corrected chi connectivity index (χ2v) is 5.96. The lowest BCUT2D eigenvalue weighted by molar-refractivity contribution is -0.126. The molecule has 2 N–H and O–H groups in total. The number of aliphatic hydroxyl groups is 1. The van der Waals surface area contributed by atoms with Crippen molar-refractivity contribution < 1.29 is 9.90 Å². The van der Waals surface area contributed by atoms with Gasteiger partial charge in [0.25, 0.3) is 0 Å². The molecule has 0 radical (unpaired) electrons. The van der Waals surface area contributed by atoms with Crippen LogP contribution < -0.4 is 5.32 Å². The molecule has 1 aromatic rings. The molecular formula is C16H24N2O2. The Balaban J connectivity index is 1.88. The van der Waals surface area contributed by atoms with Crippen molar-refractivity contribution in [2.45, 2.75) is 37.8 Å². The molecule has 4 nitrogen and oxygen atoms in total. The lowest BCUT2D eigenvalue weighted by Gasteiger charge is -2.30. The van der Waals surface area contributed by atoms with Crippen molar-refractivity contribution in [1.82, 2.24) is 10.2 Å². The number of rotatable bonds is 4. The minimum absolute atomic E-state index is 0.0755. The molecule has 0 saturated carbocycles. The van der Waals surface area contributed by atoms with Crippen LogP contribution >= 0.6 is 0 Å². The molecule has 110 valence electrons. The third-order valence-corrected chi connectivity index (χ3v) is 3.98. The average Bonchev–Trinajstić information content (AvgIpc) is 2.42. The summed E-state index contributed by atoms with van der Waals surface area (Å²) in [6.07, 6.45) is 2.06. The molecule has 1 aromatic carbocycles. The summed E-state index contributed by atoms with van der Waals surface area (Å²) in [7, 11) is 2.10. The molecule has 1 aliphatic heterocycles. The number of carbonyl (C=O) groups is 1. The van der Waals surface area contributed by atoms with Gasteiger partial charge in [0.1, 0.15) is 0 Å². The highest BCUT2D eigenvalue weighted by atomic mass is 16.3. The Hall–Kier alpha value is -1.39. The Morgan fingerprint density at radius 1 is 1.35 bits per heavy atom. The maximum atomic E-state index is 12.1. The van der Waals surface area contributed by atoms with Crippen LogP contribution in [0.1, 0.15) is 31.7 Å². The van der Waals surface area contributed by atoms with Crippen molar-refractivity contribution in [2.75, 3.05) is 20.1 Å². The maximum Gasteiger partial charge on any atom is 0.223 e. The molecule has 1 atom stereocenters. The molecule has 1 fully saturated rings. The van der Waals surface area contributed by atoms with E-state index in [0.717, 1.165) is 31.5 Å². The highest BCUT2D eigenvalue weighted by Crippen LogP contribution is 2.24. The summed E-state index contributed by atoms with van der Waals surface area (Å²) in [6.45, 7) is 3.72. The first-order chi connectivity index (χ1) is 9.47. The molecule has 4 heteroatoms. The van der Waals surface area contributed by atoms with Crippen molar-refractivity contribution in [3.8, 4) is 0 Å². The number of hydrogen-bond acceptors (Lipinski definition) is 3. The van der Waals surface area contributed by atoms with E-state index in [0.29, 0.717) is 0 Å². The normalized spacial score (nSPS) is 20.4. The lowest BCUT2D eigenvalue weighted by Crippen LogP contribution is -2.44. The van der Waals surface area contributed by atoms with Crippen LogP contribution in [0.4, 0.5) is 0 Å². The molecule has 20 heavy (non-hydrogen) atoms. The number of nitrogens with one attached hydrogen (secondary N) is 1. The van der Waals surface area contributed by atoms with E-state index in [4.69, 9.17) is 0 Å². The Morgan fingerprint density at radius 3 is 2.55 bits per heavy atom. The molecule has 1 heterocycles. The van der Waals surface area contributed by atoms with E-state index >= 15 is 0 Å². The number of hydrogen-bond donors (Lipinski definition) is 2. The van der Waals surface area contributed by atoms with Crippen LogP contribution in [0.3, 0.4) is 0 Å². The van der Waals surface area contributed by atoms with Gasteiger partial charge in [-0.15, -0.1) is 0 Å². The quantitative estimate of drug-likeness (QED) is 0.876. The first-order valence-electron chi connectivity index (χ1n) is 7.23. The number of nitrogens with zero attached hydrogens (tertiary/aromatic N) is 1. The summed E-state index contributed by atoms with van der Waals surface area (Å²) in [5, 5.41) is 13.5. The fraction of sp³-hybridized carbons (Fsp3) is 0.562.